The second-order valence-electron chi connectivity index (χ2n) is 4.75. The number of benzene rings is 1. The van der Waals surface area contributed by atoms with E-state index in [1.165, 1.54) is 36.7 Å². The second-order valence-corrected chi connectivity index (χ2v) is 5.60. The Morgan fingerprint density at radius 1 is 1.27 bits per heavy atom. The van der Waals surface area contributed by atoms with Crippen LogP contribution < -0.4 is 5.32 Å². The van der Waals surface area contributed by atoms with E-state index in [2.05, 4.69) is 39.4 Å². The van der Waals surface area contributed by atoms with Crippen molar-refractivity contribution in [3.05, 3.63) is 33.8 Å². The average molecular weight is 266 g/mol. The Morgan fingerprint density at radius 2 is 2.20 bits per heavy atom. The molecule has 1 N–H and O–H groups in total. The zero-order chi connectivity index (χ0) is 10.3. The fourth-order valence-corrected chi connectivity index (χ4v) is 3.61. The van der Waals surface area contributed by atoms with Crippen LogP contribution in [0.25, 0.3) is 0 Å². The topological polar surface area (TPSA) is 12.0 Å². The summed E-state index contributed by atoms with van der Waals surface area (Å²) in [6.45, 7) is 1.22. The maximum absolute atomic E-state index is 3.66. The summed E-state index contributed by atoms with van der Waals surface area (Å²) in [4.78, 5) is 0. The van der Waals surface area contributed by atoms with E-state index in [1.807, 2.05) is 0 Å². The van der Waals surface area contributed by atoms with Crippen LogP contribution in [0.1, 0.15) is 24.0 Å². The van der Waals surface area contributed by atoms with Gasteiger partial charge in [0.15, 0.2) is 0 Å². The van der Waals surface area contributed by atoms with Gasteiger partial charge in [0, 0.05) is 10.5 Å². The fraction of sp³-hybridized carbons (Fsp3) is 0.538. The van der Waals surface area contributed by atoms with Gasteiger partial charge in [-0.15, -0.1) is 0 Å². The Balaban J connectivity index is 1.82. The molecule has 15 heavy (non-hydrogen) atoms. The number of hydrogen-bond acceptors (Lipinski definition) is 1. The van der Waals surface area contributed by atoms with E-state index in [4.69, 9.17) is 0 Å². The number of nitrogens with one attached hydrogen (secondary N) is 1. The Kier molecular flexibility index (Phi) is 2.57. The van der Waals surface area contributed by atoms with Crippen molar-refractivity contribution < 1.29 is 0 Å². The van der Waals surface area contributed by atoms with Crippen LogP contribution >= 0.6 is 15.9 Å². The van der Waals surface area contributed by atoms with Gasteiger partial charge in [0.1, 0.15) is 0 Å². The smallest absolute Gasteiger partial charge is 0.0210 e. The predicted octanol–water partition coefficient (Wildman–Crippen LogP) is 2.92. The number of hydrogen-bond donors (Lipinski definition) is 1. The summed E-state index contributed by atoms with van der Waals surface area (Å²) in [7, 11) is 0. The van der Waals surface area contributed by atoms with Crippen molar-refractivity contribution >= 4 is 15.9 Å². The molecule has 0 aromatic heterocycles. The van der Waals surface area contributed by atoms with Crippen molar-refractivity contribution in [1.82, 2.24) is 5.32 Å². The van der Waals surface area contributed by atoms with E-state index in [1.54, 1.807) is 11.1 Å². The molecule has 1 aromatic carbocycles. The summed E-state index contributed by atoms with van der Waals surface area (Å²) in [5, 5.41) is 3.64. The average Bonchev–Trinajstić information content (AvgIpc) is 2.86. The molecule has 1 aliphatic heterocycles. The third kappa shape index (κ3) is 1.74. The Morgan fingerprint density at radius 3 is 2.93 bits per heavy atom. The maximum Gasteiger partial charge on any atom is 0.0210 e. The fourth-order valence-electron chi connectivity index (χ4n) is 3.04. The Hall–Kier alpha value is -0.340. The first-order valence-electron chi connectivity index (χ1n) is 5.84. The summed E-state index contributed by atoms with van der Waals surface area (Å²) >= 11 is 3.66. The van der Waals surface area contributed by atoms with E-state index in [0.29, 0.717) is 0 Å². The van der Waals surface area contributed by atoms with Gasteiger partial charge < -0.3 is 5.32 Å². The Bertz CT molecular complexity index is 369. The second kappa shape index (κ2) is 3.91. The van der Waals surface area contributed by atoms with Crippen molar-refractivity contribution in [2.45, 2.75) is 31.7 Å². The zero-order valence-corrected chi connectivity index (χ0v) is 10.4. The predicted molar refractivity (Wildman–Crippen MR) is 66.1 cm³/mol. The molecule has 2 unspecified atom stereocenters. The van der Waals surface area contributed by atoms with Crippen LogP contribution in [-0.2, 0) is 12.8 Å². The third-order valence-corrected chi connectivity index (χ3v) is 4.57. The summed E-state index contributed by atoms with van der Waals surface area (Å²) in [5.41, 5.74) is 3.11. The number of halogens is 1. The van der Waals surface area contributed by atoms with E-state index in [0.717, 1.165) is 12.0 Å². The molecule has 1 aromatic rings. The van der Waals surface area contributed by atoms with Gasteiger partial charge in [0.05, 0.1) is 0 Å². The highest BCUT2D eigenvalue weighted by Crippen LogP contribution is 2.35. The lowest BCUT2D eigenvalue weighted by atomic mass is 9.95. The van der Waals surface area contributed by atoms with Gasteiger partial charge in [-0.2, -0.15) is 0 Å². The quantitative estimate of drug-likeness (QED) is 0.824. The van der Waals surface area contributed by atoms with Gasteiger partial charge in [-0.1, -0.05) is 28.1 Å². The lowest BCUT2D eigenvalue weighted by Gasteiger charge is -2.17. The molecule has 1 nitrogen and oxygen atoms in total. The van der Waals surface area contributed by atoms with E-state index < -0.39 is 0 Å². The molecule has 1 heterocycles. The van der Waals surface area contributed by atoms with Crippen LogP contribution in [0, 0.1) is 5.92 Å². The van der Waals surface area contributed by atoms with E-state index >= 15 is 0 Å². The van der Waals surface area contributed by atoms with Crippen LogP contribution in [-0.4, -0.2) is 12.6 Å². The Labute approximate surface area is 99.4 Å². The van der Waals surface area contributed by atoms with Crippen molar-refractivity contribution in [2.24, 2.45) is 5.92 Å². The monoisotopic (exact) mass is 265 g/mol. The lowest BCUT2D eigenvalue weighted by Crippen LogP contribution is -2.30. The van der Waals surface area contributed by atoms with E-state index in [9.17, 15) is 0 Å². The first-order chi connectivity index (χ1) is 7.34. The van der Waals surface area contributed by atoms with Gasteiger partial charge >= 0.3 is 0 Å². The largest absolute Gasteiger partial charge is 0.314 e. The molecule has 0 amide bonds. The van der Waals surface area contributed by atoms with Crippen LogP contribution in [0.4, 0.5) is 0 Å². The van der Waals surface area contributed by atoms with Gasteiger partial charge in [0.25, 0.3) is 0 Å². The zero-order valence-electron chi connectivity index (χ0n) is 8.80. The molecule has 2 atom stereocenters. The maximum atomic E-state index is 3.66. The van der Waals surface area contributed by atoms with E-state index in [-0.39, 0.29) is 0 Å². The molecular formula is C13H16BrN. The van der Waals surface area contributed by atoms with Gasteiger partial charge in [-0.3, -0.25) is 0 Å². The highest BCUT2D eigenvalue weighted by Gasteiger charge is 2.30. The van der Waals surface area contributed by atoms with Gasteiger partial charge in [0.2, 0.25) is 0 Å². The summed E-state index contributed by atoms with van der Waals surface area (Å²) < 4.78 is 1.31. The first-order valence-corrected chi connectivity index (χ1v) is 6.63. The number of rotatable bonds is 1. The molecule has 1 saturated heterocycles. The molecule has 3 rings (SSSR count). The minimum atomic E-state index is 0.768. The SMILES string of the molecule is Brc1cccc2c1CC(C1CCCN1)C2. The molecule has 2 aliphatic rings. The molecule has 0 bridgehead atoms. The highest BCUT2D eigenvalue weighted by atomic mass is 79.9. The van der Waals surface area contributed by atoms with Crippen LogP contribution in [0.5, 0.6) is 0 Å². The highest BCUT2D eigenvalue weighted by molar-refractivity contribution is 9.10. The first kappa shape index (κ1) is 9.86. The molecule has 0 spiro atoms. The van der Waals surface area contributed by atoms with Crippen LogP contribution in [0.3, 0.4) is 0 Å². The molecule has 2 heteroatoms. The molecule has 0 saturated carbocycles. The number of fused-ring (bicyclic) bond motifs is 1. The van der Waals surface area contributed by atoms with Crippen molar-refractivity contribution in [3.8, 4) is 0 Å². The van der Waals surface area contributed by atoms with Crippen molar-refractivity contribution in [3.63, 3.8) is 0 Å². The molecular weight excluding hydrogens is 250 g/mol. The van der Waals surface area contributed by atoms with Crippen molar-refractivity contribution in [2.75, 3.05) is 6.54 Å². The van der Waals surface area contributed by atoms with Crippen LogP contribution in [0.2, 0.25) is 0 Å². The normalized spacial score (nSPS) is 29.4. The summed E-state index contributed by atoms with van der Waals surface area (Å²) in [6, 6.07) is 7.38. The third-order valence-electron chi connectivity index (χ3n) is 3.83. The van der Waals surface area contributed by atoms with Crippen LogP contribution in [0.15, 0.2) is 22.7 Å². The molecule has 1 fully saturated rings. The summed E-state index contributed by atoms with van der Waals surface area (Å²) in [5.74, 6) is 0.834. The minimum absolute atomic E-state index is 0.768. The minimum Gasteiger partial charge on any atom is -0.314 e. The molecule has 1 aliphatic carbocycles. The molecule has 80 valence electrons. The van der Waals surface area contributed by atoms with Crippen molar-refractivity contribution in [1.29, 1.82) is 0 Å². The van der Waals surface area contributed by atoms with Gasteiger partial charge in [-0.05, 0) is 55.3 Å². The summed E-state index contributed by atoms with van der Waals surface area (Å²) in [6.07, 6.45) is 5.26. The molecule has 0 radical (unpaired) electrons. The lowest BCUT2D eigenvalue weighted by molar-refractivity contribution is 0.405. The standard InChI is InChI=1S/C13H16BrN/c14-12-4-1-3-9-7-10(8-11(9)12)13-5-2-6-15-13/h1,3-4,10,13,15H,2,5-8H2. The van der Waals surface area contributed by atoms with Gasteiger partial charge in [-0.25, -0.2) is 0 Å².